The van der Waals surface area contributed by atoms with Gasteiger partial charge >= 0.3 is 0 Å². The van der Waals surface area contributed by atoms with Crippen LogP contribution in [0.1, 0.15) is 19.8 Å². The summed E-state index contributed by atoms with van der Waals surface area (Å²) in [4.78, 5) is 17.9. The molecule has 98 valence electrons. The molecule has 1 aliphatic heterocycles. The van der Waals surface area contributed by atoms with Crippen molar-refractivity contribution in [1.29, 1.82) is 0 Å². The highest BCUT2D eigenvalue weighted by molar-refractivity contribution is 5.81. The highest BCUT2D eigenvalue weighted by Gasteiger charge is 2.17. The van der Waals surface area contributed by atoms with Crippen molar-refractivity contribution in [3.05, 3.63) is 18.5 Å². The molecule has 0 aromatic carbocycles. The molecule has 0 bridgehead atoms. The van der Waals surface area contributed by atoms with E-state index in [0.717, 1.165) is 43.9 Å². The van der Waals surface area contributed by atoms with Gasteiger partial charge in [0, 0.05) is 19.6 Å². The summed E-state index contributed by atoms with van der Waals surface area (Å²) in [5.41, 5.74) is 1.84. The predicted octanol–water partition coefficient (Wildman–Crippen LogP) is 1.55. The van der Waals surface area contributed by atoms with E-state index < -0.39 is 0 Å². The Balaban J connectivity index is 1.85. The Kier molecular flexibility index (Phi) is 4.39. The van der Waals surface area contributed by atoms with Gasteiger partial charge in [0.05, 0.1) is 30.3 Å². The van der Waals surface area contributed by atoms with Crippen LogP contribution in [0.4, 0.5) is 11.4 Å². The monoisotopic (exact) mass is 248 g/mol. The number of pyridine rings is 1. The van der Waals surface area contributed by atoms with Crippen molar-refractivity contribution in [2.75, 3.05) is 36.8 Å². The number of anilines is 2. The van der Waals surface area contributed by atoms with Crippen molar-refractivity contribution in [2.45, 2.75) is 19.8 Å². The lowest BCUT2D eigenvalue weighted by Crippen LogP contribution is -2.32. The maximum atomic E-state index is 11.9. The third-order valence-corrected chi connectivity index (χ3v) is 3.02. The number of rotatable bonds is 5. The van der Waals surface area contributed by atoms with Gasteiger partial charge in [-0.15, -0.1) is 0 Å². The average Bonchev–Trinajstić information content (AvgIpc) is 2.91. The first-order valence-corrected chi connectivity index (χ1v) is 6.50. The summed E-state index contributed by atoms with van der Waals surface area (Å²) in [6.07, 6.45) is 5.77. The molecule has 1 aromatic rings. The van der Waals surface area contributed by atoms with E-state index in [1.54, 1.807) is 12.4 Å². The van der Waals surface area contributed by atoms with E-state index in [1.807, 2.05) is 17.9 Å². The molecule has 2 rings (SSSR count). The highest BCUT2D eigenvalue weighted by Crippen LogP contribution is 2.13. The van der Waals surface area contributed by atoms with Gasteiger partial charge in [0.2, 0.25) is 5.91 Å². The van der Waals surface area contributed by atoms with Gasteiger partial charge < -0.3 is 15.5 Å². The molecular weight excluding hydrogens is 228 g/mol. The van der Waals surface area contributed by atoms with Crippen LogP contribution in [0.3, 0.4) is 0 Å². The van der Waals surface area contributed by atoms with Crippen LogP contribution in [0.2, 0.25) is 0 Å². The van der Waals surface area contributed by atoms with Crippen LogP contribution in [-0.4, -0.2) is 42.0 Å². The molecular formula is C13H20N4O. The van der Waals surface area contributed by atoms with E-state index in [-0.39, 0.29) is 5.91 Å². The fraction of sp³-hybridized carbons (Fsp3) is 0.538. The first-order valence-electron chi connectivity index (χ1n) is 6.50. The SMILES string of the molecule is CCNc1cncc(NCC(=O)N2CCCC2)c1. The van der Waals surface area contributed by atoms with E-state index in [4.69, 9.17) is 0 Å². The van der Waals surface area contributed by atoms with Crippen LogP contribution in [-0.2, 0) is 4.79 Å². The highest BCUT2D eigenvalue weighted by atomic mass is 16.2. The number of carbonyl (C=O) groups excluding carboxylic acids is 1. The summed E-state index contributed by atoms with van der Waals surface area (Å²) < 4.78 is 0. The minimum absolute atomic E-state index is 0.168. The molecule has 1 amide bonds. The molecule has 5 nitrogen and oxygen atoms in total. The van der Waals surface area contributed by atoms with Crippen LogP contribution >= 0.6 is 0 Å². The zero-order valence-electron chi connectivity index (χ0n) is 10.8. The predicted molar refractivity (Wildman–Crippen MR) is 72.7 cm³/mol. The number of hydrogen-bond donors (Lipinski definition) is 2. The maximum Gasteiger partial charge on any atom is 0.241 e. The molecule has 0 aliphatic carbocycles. The standard InChI is InChI=1S/C13H20N4O/c1-2-15-11-7-12(9-14-8-11)16-10-13(18)17-5-3-4-6-17/h7-9,15-16H,2-6,10H2,1H3. The van der Waals surface area contributed by atoms with Crippen molar-refractivity contribution in [3.63, 3.8) is 0 Å². The number of nitrogens with one attached hydrogen (secondary N) is 2. The van der Waals surface area contributed by atoms with Crippen molar-refractivity contribution >= 4 is 17.3 Å². The van der Waals surface area contributed by atoms with Gasteiger partial charge in [0.25, 0.3) is 0 Å². The van der Waals surface area contributed by atoms with Crippen molar-refractivity contribution < 1.29 is 4.79 Å². The quantitative estimate of drug-likeness (QED) is 0.830. The van der Waals surface area contributed by atoms with Gasteiger partial charge in [-0.1, -0.05) is 0 Å². The van der Waals surface area contributed by atoms with Gasteiger partial charge in [0.15, 0.2) is 0 Å². The summed E-state index contributed by atoms with van der Waals surface area (Å²) in [6.45, 7) is 5.04. The van der Waals surface area contributed by atoms with Crippen molar-refractivity contribution in [2.24, 2.45) is 0 Å². The largest absolute Gasteiger partial charge is 0.384 e. The fourth-order valence-corrected chi connectivity index (χ4v) is 2.09. The van der Waals surface area contributed by atoms with E-state index in [1.165, 1.54) is 0 Å². The molecule has 2 heterocycles. The van der Waals surface area contributed by atoms with Gasteiger partial charge in [-0.2, -0.15) is 0 Å². The van der Waals surface area contributed by atoms with Gasteiger partial charge in [-0.05, 0) is 25.8 Å². The summed E-state index contributed by atoms with van der Waals surface area (Å²) in [5, 5.41) is 6.32. The smallest absolute Gasteiger partial charge is 0.241 e. The first kappa shape index (κ1) is 12.7. The molecule has 5 heteroatoms. The van der Waals surface area contributed by atoms with Crippen molar-refractivity contribution in [3.8, 4) is 0 Å². The summed E-state index contributed by atoms with van der Waals surface area (Å²) in [7, 11) is 0. The second kappa shape index (κ2) is 6.23. The number of amides is 1. The Hall–Kier alpha value is -1.78. The molecule has 0 spiro atoms. The Morgan fingerprint density at radius 2 is 1.94 bits per heavy atom. The average molecular weight is 248 g/mol. The van der Waals surface area contributed by atoms with Gasteiger partial charge in [-0.25, -0.2) is 0 Å². The topological polar surface area (TPSA) is 57.3 Å². The zero-order chi connectivity index (χ0) is 12.8. The lowest BCUT2D eigenvalue weighted by Gasteiger charge is -2.16. The van der Waals surface area contributed by atoms with E-state index in [9.17, 15) is 4.79 Å². The van der Waals surface area contributed by atoms with E-state index in [0.29, 0.717) is 6.54 Å². The second-order valence-electron chi connectivity index (χ2n) is 4.43. The van der Waals surface area contributed by atoms with Crippen LogP contribution < -0.4 is 10.6 Å². The van der Waals surface area contributed by atoms with Crippen LogP contribution in [0.25, 0.3) is 0 Å². The first-order chi connectivity index (χ1) is 8.79. The summed E-state index contributed by atoms with van der Waals surface area (Å²) >= 11 is 0. The molecule has 1 fully saturated rings. The number of likely N-dealkylation sites (tertiary alicyclic amines) is 1. The maximum absolute atomic E-state index is 11.9. The van der Waals surface area contributed by atoms with Gasteiger partial charge in [-0.3, -0.25) is 9.78 Å². The Morgan fingerprint density at radius 3 is 2.61 bits per heavy atom. The van der Waals surface area contributed by atoms with Crippen LogP contribution in [0.15, 0.2) is 18.5 Å². The molecule has 0 atom stereocenters. The summed E-state index contributed by atoms with van der Waals surface area (Å²) in [5.74, 6) is 0.168. The number of hydrogen-bond acceptors (Lipinski definition) is 4. The molecule has 1 saturated heterocycles. The van der Waals surface area contributed by atoms with Crippen LogP contribution in [0, 0.1) is 0 Å². The zero-order valence-corrected chi connectivity index (χ0v) is 10.8. The third kappa shape index (κ3) is 3.35. The molecule has 2 N–H and O–H groups in total. The Labute approximate surface area is 108 Å². The second-order valence-corrected chi connectivity index (χ2v) is 4.43. The molecule has 1 aromatic heterocycles. The number of carbonyl (C=O) groups is 1. The summed E-state index contributed by atoms with van der Waals surface area (Å²) in [6, 6.07) is 1.97. The molecule has 18 heavy (non-hydrogen) atoms. The van der Waals surface area contributed by atoms with E-state index in [2.05, 4.69) is 15.6 Å². The van der Waals surface area contributed by atoms with Crippen molar-refractivity contribution in [1.82, 2.24) is 9.88 Å². The molecule has 0 unspecified atom stereocenters. The minimum atomic E-state index is 0.168. The van der Waals surface area contributed by atoms with Gasteiger partial charge in [0.1, 0.15) is 0 Å². The third-order valence-electron chi connectivity index (χ3n) is 3.02. The fourth-order valence-electron chi connectivity index (χ4n) is 2.09. The van der Waals surface area contributed by atoms with Crippen LogP contribution in [0.5, 0.6) is 0 Å². The lowest BCUT2D eigenvalue weighted by molar-refractivity contribution is -0.128. The molecule has 0 radical (unpaired) electrons. The minimum Gasteiger partial charge on any atom is -0.384 e. The number of aromatic nitrogens is 1. The molecule has 0 saturated carbocycles. The normalized spacial score (nSPS) is 14.6. The number of nitrogens with zero attached hydrogens (tertiary/aromatic N) is 2. The van der Waals surface area contributed by atoms with E-state index >= 15 is 0 Å². The Bertz CT molecular complexity index is 402. The Morgan fingerprint density at radius 1 is 1.28 bits per heavy atom. The molecule has 1 aliphatic rings. The lowest BCUT2D eigenvalue weighted by atomic mass is 10.3.